The lowest BCUT2D eigenvalue weighted by Gasteiger charge is -1.93. The van der Waals surface area contributed by atoms with Crippen molar-refractivity contribution in [3.63, 3.8) is 0 Å². The normalized spacial score (nSPS) is 11.1. The zero-order valence-corrected chi connectivity index (χ0v) is 12.3. The van der Waals surface area contributed by atoms with E-state index in [4.69, 9.17) is 5.11 Å². The van der Waals surface area contributed by atoms with Gasteiger partial charge in [0.15, 0.2) is 0 Å². The van der Waals surface area contributed by atoms with Crippen LogP contribution in [-0.2, 0) is 11.3 Å². The quantitative estimate of drug-likeness (QED) is 0.783. The Balaban J connectivity index is 1.72. The van der Waals surface area contributed by atoms with E-state index in [0.29, 0.717) is 5.69 Å². The van der Waals surface area contributed by atoms with Gasteiger partial charge in [-0.2, -0.15) is 0 Å². The van der Waals surface area contributed by atoms with Gasteiger partial charge in [0.2, 0.25) is 0 Å². The minimum atomic E-state index is -0.951. The molecule has 3 aromatic rings. The molecule has 0 bridgehead atoms. The highest BCUT2D eigenvalue weighted by molar-refractivity contribution is 7.10. The van der Waals surface area contributed by atoms with Crippen molar-refractivity contribution < 1.29 is 9.90 Å². The topological polar surface area (TPSA) is 80.9 Å². The van der Waals surface area contributed by atoms with Gasteiger partial charge in [-0.05, 0) is 12.2 Å². The summed E-state index contributed by atoms with van der Waals surface area (Å²) in [5, 5.41) is 19.2. The summed E-state index contributed by atoms with van der Waals surface area (Å²) in [5.41, 5.74) is 2.60. The maximum atomic E-state index is 10.6. The molecule has 0 aliphatic rings. The number of hydrogen-bond donors (Lipinski definition) is 1. The van der Waals surface area contributed by atoms with E-state index in [2.05, 4.69) is 15.3 Å². The van der Waals surface area contributed by atoms with Crippen molar-refractivity contribution in [2.24, 2.45) is 0 Å². The van der Waals surface area contributed by atoms with Crippen molar-refractivity contribution in [2.45, 2.75) is 6.54 Å². The number of carbonyl (C=O) groups is 1. The molecule has 1 aromatic carbocycles. The fourth-order valence-electron chi connectivity index (χ4n) is 1.87. The number of hydrogen-bond acceptors (Lipinski definition) is 5. The molecule has 2 heterocycles. The van der Waals surface area contributed by atoms with E-state index in [9.17, 15) is 4.79 Å². The maximum absolute atomic E-state index is 10.6. The van der Waals surface area contributed by atoms with Crippen LogP contribution in [0.1, 0.15) is 10.7 Å². The highest BCUT2D eigenvalue weighted by atomic mass is 32.1. The Morgan fingerprint density at radius 1 is 1.27 bits per heavy atom. The molecular formula is C15H12N4O2S. The molecule has 110 valence electrons. The molecule has 0 saturated carbocycles. The van der Waals surface area contributed by atoms with Gasteiger partial charge in [0, 0.05) is 10.9 Å². The molecule has 0 atom stereocenters. The number of aliphatic carboxylic acids is 1. The first-order valence-corrected chi connectivity index (χ1v) is 7.39. The minimum absolute atomic E-state index is 0.198. The molecule has 0 radical (unpaired) electrons. The van der Waals surface area contributed by atoms with E-state index in [1.165, 1.54) is 16.0 Å². The number of carboxylic acid groups (broad SMARTS) is 1. The molecule has 3 rings (SSSR count). The Bertz CT molecular complexity index is 808. The number of thiazole rings is 1. The maximum Gasteiger partial charge on any atom is 0.325 e. The Morgan fingerprint density at radius 2 is 2.09 bits per heavy atom. The van der Waals surface area contributed by atoms with Gasteiger partial charge in [-0.3, -0.25) is 4.79 Å². The Kier molecular flexibility index (Phi) is 4.06. The first-order valence-electron chi connectivity index (χ1n) is 6.52. The van der Waals surface area contributed by atoms with Gasteiger partial charge in [0.25, 0.3) is 0 Å². The molecule has 1 N–H and O–H groups in total. The number of aromatic nitrogens is 4. The van der Waals surface area contributed by atoms with Crippen molar-refractivity contribution in [3.05, 3.63) is 52.6 Å². The van der Waals surface area contributed by atoms with Crippen molar-refractivity contribution in [2.75, 3.05) is 0 Å². The number of rotatable bonds is 5. The van der Waals surface area contributed by atoms with Crippen LogP contribution in [0.25, 0.3) is 23.4 Å². The average molecular weight is 312 g/mol. The highest BCUT2D eigenvalue weighted by Gasteiger charge is 2.04. The molecule has 0 fully saturated rings. The largest absolute Gasteiger partial charge is 0.480 e. The molecule has 0 saturated heterocycles. The number of carboxylic acids is 1. The first-order chi connectivity index (χ1) is 10.7. The first kappa shape index (κ1) is 14.2. The predicted octanol–water partition coefficient (Wildman–Crippen LogP) is 2.66. The average Bonchev–Trinajstić information content (AvgIpc) is 3.15. The van der Waals surface area contributed by atoms with Crippen LogP contribution in [0.5, 0.6) is 0 Å². The standard InChI is InChI=1S/C15H12N4O2S/c20-15(21)9-19-8-12(17-18-19)6-7-14-16-13(10-22-14)11-4-2-1-3-5-11/h1-8,10H,9H2,(H,20,21). The lowest BCUT2D eigenvalue weighted by molar-refractivity contribution is -0.137. The summed E-state index contributed by atoms with van der Waals surface area (Å²) in [4.78, 5) is 15.1. The van der Waals surface area contributed by atoms with Crippen LogP contribution in [0, 0.1) is 0 Å². The van der Waals surface area contributed by atoms with Gasteiger partial charge >= 0.3 is 5.97 Å². The lowest BCUT2D eigenvalue weighted by Crippen LogP contribution is -2.08. The predicted molar refractivity (Wildman–Crippen MR) is 84.1 cm³/mol. The zero-order chi connectivity index (χ0) is 15.4. The summed E-state index contributed by atoms with van der Waals surface area (Å²) >= 11 is 1.53. The van der Waals surface area contributed by atoms with Gasteiger partial charge in [-0.1, -0.05) is 35.5 Å². The summed E-state index contributed by atoms with van der Waals surface area (Å²) in [7, 11) is 0. The minimum Gasteiger partial charge on any atom is -0.480 e. The van der Waals surface area contributed by atoms with Gasteiger partial charge in [0.05, 0.1) is 11.9 Å². The molecular weight excluding hydrogens is 300 g/mol. The summed E-state index contributed by atoms with van der Waals surface area (Å²) in [6.45, 7) is -0.198. The van der Waals surface area contributed by atoms with Crippen LogP contribution in [-0.4, -0.2) is 31.1 Å². The molecule has 7 heteroatoms. The van der Waals surface area contributed by atoms with E-state index < -0.39 is 5.97 Å². The molecule has 2 aromatic heterocycles. The summed E-state index contributed by atoms with van der Waals surface area (Å²) < 4.78 is 1.28. The smallest absolute Gasteiger partial charge is 0.325 e. The van der Waals surface area contributed by atoms with Crippen LogP contribution in [0.4, 0.5) is 0 Å². The number of benzene rings is 1. The summed E-state index contributed by atoms with van der Waals surface area (Å²) in [6.07, 6.45) is 5.18. The van der Waals surface area contributed by atoms with Crippen LogP contribution >= 0.6 is 11.3 Å². The second-order valence-electron chi connectivity index (χ2n) is 4.51. The van der Waals surface area contributed by atoms with Crippen LogP contribution in [0.3, 0.4) is 0 Å². The Hall–Kier alpha value is -2.80. The third kappa shape index (κ3) is 3.44. The third-order valence-electron chi connectivity index (χ3n) is 2.84. The van der Waals surface area contributed by atoms with E-state index in [1.807, 2.05) is 41.8 Å². The zero-order valence-electron chi connectivity index (χ0n) is 11.5. The van der Waals surface area contributed by atoms with Crippen molar-refractivity contribution >= 4 is 29.5 Å². The van der Waals surface area contributed by atoms with Crippen LogP contribution < -0.4 is 0 Å². The highest BCUT2D eigenvalue weighted by Crippen LogP contribution is 2.22. The summed E-state index contributed by atoms with van der Waals surface area (Å²) in [5.74, 6) is -0.951. The molecule has 6 nitrogen and oxygen atoms in total. The fourth-order valence-corrected chi connectivity index (χ4v) is 2.59. The molecule has 0 unspecified atom stereocenters. The lowest BCUT2D eigenvalue weighted by atomic mass is 10.2. The molecule has 0 spiro atoms. The molecule has 22 heavy (non-hydrogen) atoms. The third-order valence-corrected chi connectivity index (χ3v) is 3.65. The summed E-state index contributed by atoms with van der Waals surface area (Å²) in [6, 6.07) is 9.95. The van der Waals surface area contributed by atoms with E-state index >= 15 is 0 Å². The van der Waals surface area contributed by atoms with E-state index in [-0.39, 0.29) is 6.54 Å². The van der Waals surface area contributed by atoms with Gasteiger partial charge in [0.1, 0.15) is 17.2 Å². The second kappa shape index (κ2) is 6.31. The van der Waals surface area contributed by atoms with Crippen molar-refractivity contribution in [1.82, 2.24) is 20.0 Å². The Labute approximate surface area is 130 Å². The monoisotopic (exact) mass is 312 g/mol. The van der Waals surface area contributed by atoms with Crippen molar-refractivity contribution in [1.29, 1.82) is 0 Å². The van der Waals surface area contributed by atoms with Crippen molar-refractivity contribution in [3.8, 4) is 11.3 Å². The number of nitrogens with zero attached hydrogens (tertiary/aromatic N) is 4. The van der Waals surface area contributed by atoms with Gasteiger partial charge < -0.3 is 5.11 Å². The van der Waals surface area contributed by atoms with Crippen LogP contribution in [0.15, 0.2) is 41.9 Å². The Morgan fingerprint density at radius 3 is 2.86 bits per heavy atom. The van der Waals surface area contributed by atoms with E-state index in [1.54, 1.807) is 12.3 Å². The molecule has 0 aliphatic carbocycles. The van der Waals surface area contributed by atoms with Crippen LogP contribution in [0.2, 0.25) is 0 Å². The fraction of sp³-hybridized carbons (Fsp3) is 0.0667. The molecule has 0 aliphatic heterocycles. The van der Waals surface area contributed by atoms with E-state index in [0.717, 1.165) is 16.3 Å². The van der Waals surface area contributed by atoms with Gasteiger partial charge in [-0.25, -0.2) is 9.67 Å². The SMILES string of the molecule is O=C(O)Cn1cc(C=Cc2nc(-c3ccccc3)cs2)nn1. The molecule has 0 amide bonds. The van der Waals surface area contributed by atoms with Gasteiger partial charge in [-0.15, -0.1) is 16.4 Å². The second-order valence-corrected chi connectivity index (χ2v) is 5.39.